The van der Waals surface area contributed by atoms with Gasteiger partial charge in [0.15, 0.2) is 0 Å². The molecule has 1 fully saturated rings. The molecular weight excluding hydrogens is 260 g/mol. The van der Waals surface area contributed by atoms with Crippen LogP contribution in [0, 0.1) is 17.3 Å². The van der Waals surface area contributed by atoms with Crippen LogP contribution in [0.1, 0.15) is 72.6 Å². The van der Waals surface area contributed by atoms with Crippen LogP contribution in [0.5, 0.6) is 0 Å². The zero-order chi connectivity index (χ0) is 16.0. The molecule has 0 spiro atoms. The van der Waals surface area contributed by atoms with Gasteiger partial charge < -0.3 is 10.6 Å². The van der Waals surface area contributed by atoms with Crippen molar-refractivity contribution in [3.63, 3.8) is 0 Å². The Morgan fingerprint density at radius 2 is 1.81 bits per heavy atom. The molecule has 2 N–H and O–H groups in total. The monoisotopic (exact) mass is 296 g/mol. The Hall–Kier alpha value is -0.570. The quantitative estimate of drug-likeness (QED) is 0.776. The van der Waals surface area contributed by atoms with Crippen LogP contribution in [0.2, 0.25) is 0 Å². The summed E-state index contributed by atoms with van der Waals surface area (Å²) in [7, 11) is 2.00. The molecule has 3 heteroatoms. The molecule has 0 saturated heterocycles. The van der Waals surface area contributed by atoms with Gasteiger partial charge in [0.25, 0.3) is 0 Å². The molecule has 1 aliphatic rings. The molecule has 1 atom stereocenters. The van der Waals surface area contributed by atoms with Gasteiger partial charge in [0.1, 0.15) is 0 Å². The average Bonchev–Trinajstić information content (AvgIpc) is 2.42. The Bertz CT molecular complexity index is 315. The topological polar surface area (TPSA) is 46.3 Å². The molecule has 0 aromatic rings. The van der Waals surface area contributed by atoms with Crippen LogP contribution in [0.4, 0.5) is 0 Å². The molecular formula is C18H36N2O. The number of nitrogens with zero attached hydrogens (tertiary/aromatic N) is 1. The maximum atomic E-state index is 12.4. The normalized spacial score (nSPS) is 20.5. The van der Waals surface area contributed by atoms with Crippen molar-refractivity contribution in [2.24, 2.45) is 23.0 Å². The van der Waals surface area contributed by atoms with Crippen LogP contribution < -0.4 is 5.73 Å². The van der Waals surface area contributed by atoms with E-state index in [1.165, 1.54) is 12.8 Å². The average molecular weight is 296 g/mol. The van der Waals surface area contributed by atoms with Gasteiger partial charge in [-0.3, -0.25) is 4.79 Å². The van der Waals surface area contributed by atoms with Crippen LogP contribution in [0.3, 0.4) is 0 Å². The fraction of sp³-hybridized carbons (Fsp3) is 0.944. The van der Waals surface area contributed by atoms with Crippen molar-refractivity contribution in [1.82, 2.24) is 4.90 Å². The van der Waals surface area contributed by atoms with Gasteiger partial charge in [-0.25, -0.2) is 0 Å². The molecule has 0 radical (unpaired) electrons. The van der Waals surface area contributed by atoms with E-state index in [0.717, 1.165) is 32.2 Å². The van der Waals surface area contributed by atoms with Crippen molar-refractivity contribution >= 4 is 5.91 Å². The lowest BCUT2D eigenvalue weighted by Crippen LogP contribution is -2.41. The van der Waals surface area contributed by atoms with Crippen LogP contribution in [-0.4, -0.2) is 30.4 Å². The summed E-state index contributed by atoms with van der Waals surface area (Å²) in [5.74, 6) is 1.52. The summed E-state index contributed by atoms with van der Waals surface area (Å²) in [5, 5.41) is 0. The minimum Gasteiger partial charge on any atom is -0.343 e. The van der Waals surface area contributed by atoms with E-state index in [-0.39, 0.29) is 0 Å². The van der Waals surface area contributed by atoms with E-state index < -0.39 is 0 Å². The summed E-state index contributed by atoms with van der Waals surface area (Å²) in [5.41, 5.74) is 6.14. The lowest BCUT2D eigenvalue weighted by Gasteiger charge is -2.38. The highest BCUT2D eigenvalue weighted by molar-refractivity contribution is 5.76. The highest BCUT2D eigenvalue weighted by atomic mass is 16.2. The molecule has 21 heavy (non-hydrogen) atoms. The third-order valence-corrected chi connectivity index (χ3v) is 5.46. The number of rotatable bonds is 7. The number of amides is 1. The molecule has 124 valence electrons. The number of hydrogen-bond acceptors (Lipinski definition) is 2. The third-order valence-electron chi connectivity index (χ3n) is 5.46. The SMILES string of the molecule is CC(C)C(CCN)CCC(=O)N(C)C1CCC(C)(C)CC1. The first-order valence-corrected chi connectivity index (χ1v) is 8.72. The number of carbonyl (C=O) groups is 1. The van der Waals surface area contributed by atoms with Crippen LogP contribution in [0.25, 0.3) is 0 Å². The van der Waals surface area contributed by atoms with Gasteiger partial charge in [-0.15, -0.1) is 0 Å². The van der Waals surface area contributed by atoms with Gasteiger partial charge in [0, 0.05) is 19.5 Å². The second-order valence-corrected chi connectivity index (χ2v) is 8.02. The first-order chi connectivity index (χ1) is 9.76. The molecule has 0 heterocycles. The number of hydrogen-bond donors (Lipinski definition) is 1. The van der Waals surface area contributed by atoms with Crippen molar-refractivity contribution in [1.29, 1.82) is 0 Å². The molecule has 0 aromatic heterocycles. The van der Waals surface area contributed by atoms with Crippen LogP contribution >= 0.6 is 0 Å². The highest BCUT2D eigenvalue weighted by Crippen LogP contribution is 2.36. The maximum Gasteiger partial charge on any atom is 0.222 e. The molecule has 1 aliphatic carbocycles. The van der Waals surface area contributed by atoms with E-state index >= 15 is 0 Å². The molecule has 0 aromatic carbocycles. The zero-order valence-corrected chi connectivity index (χ0v) is 14.8. The molecule has 3 nitrogen and oxygen atoms in total. The van der Waals surface area contributed by atoms with Crippen molar-refractivity contribution in [3.05, 3.63) is 0 Å². The fourth-order valence-corrected chi connectivity index (χ4v) is 3.49. The molecule has 1 unspecified atom stereocenters. The molecule has 1 amide bonds. The second-order valence-electron chi connectivity index (χ2n) is 8.02. The number of carbonyl (C=O) groups excluding carboxylic acids is 1. The Labute approximate surface area is 131 Å². The molecule has 1 saturated carbocycles. The van der Waals surface area contributed by atoms with Crippen molar-refractivity contribution in [3.8, 4) is 0 Å². The number of nitrogens with two attached hydrogens (primary N) is 1. The van der Waals surface area contributed by atoms with E-state index in [1.807, 2.05) is 11.9 Å². The first kappa shape index (κ1) is 18.5. The summed E-state index contributed by atoms with van der Waals surface area (Å²) in [6, 6.07) is 0.456. The van der Waals surface area contributed by atoms with Gasteiger partial charge >= 0.3 is 0 Å². The molecule has 1 rings (SSSR count). The summed E-state index contributed by atoms with van der Waals surface area (Å²) < 4.78 is 0. The summed E-state index contributed by atoms with van der Waals surface area (Å²) >= 11 is 0. The van der Waals surface area contributed by atoms with Crippen LogP contribution in [0.15, 0.2) is 0 Å². The molecule has 0 aliphatic heterocycles. The Morgan fingerprint density at radius 3 is 2.29 bits per heavy atom. The van der Waals surface area contributed by atoms with E-state index in [0.29, 0.717) is 35.6 Å². The summed E-state index contributed by atoms with van der Waals surface area (Å²) in [4.78, 5) is 14.5. The van der Waals surface area contributed by atoms with Gasteiger partial charge in [-0.1, -0.05) is 27.7 Å². The molecule has 0 bridgehead atoms. The highest BCUT2D eigenvalue weighted by Gasteiger charge is 2.30. The van der Waals surface area contributed by atoms with Gasteiger partial charge in [-0.05, 0) is 62.3 Å². The second kappa shape index (κ2) is 8.17. The van der Waals surface area contributed by atoms with Gasteiger partial charge in [0.05, 0.1) is 0 Å². The Morgan fingerprint density at radius 1 is 1.24 bits per heavy atom. The van der Waals surface area contributed by atoms with Gasteiger partial charge in [-0.2, -0.15) is 0 Å². The minimum absolute atomic E-state index is 0.322. The summed E-state index contributed by atoms with van der Waals surface area (Å²) in [6.07, 6.45) is 7.48. The largest absolute Gasteiger partial charge is 0.343 e. The zero-order valence-electron chi connectivity index (χ0n) is 14.8. The standard InChI is InChI=1S/C18H36N2O/c1-14(2)15(10-13-19)6-7-17(21)20(5)16-8-11-18(3,4)12-9-16/h14-16H,6-13,19H2,1-5H3. The Balaban J connectivity index is 2.40. The van der Waals surface area contributed by atoms with Crippen molar-refractivity contribution < 1.29 is 4.79 Å². The predicted molar refractivity (Wildman–Crippen MR) is 90.0 cm³/mol. The van der Waals surface area contributed by atoms with E-state index in [9.17, 15) is 4.79 Å². The minimum atomic E-state index is 0.322. The fourth-order valence-electron chi connectivity index (χ4n) is 3.49. The summed E-state index contributed by atoms with van der Waals surface area (Å²) in [6.45, 7) is 9.87. The van der Waals surface area contributed by atoms with E-state index in [1.54, 1.807) is 0 Å². The maximum absolute atomic E-state index is 12.4. The Kier molecular flexibility index (Phi) is 7.19. The third kappa shape index (κ3) is 5.98. The van der Waals surface area contributed by atoms with Crippen molar-refractivity contribution in [2.75, 3.05) is 13.6 Å². The van der Waals surface area contributed by atoms with E-state index in [2.05, 4.69) is 27.7 Å². The lowest BCUT2D eigenvalue weighted by atomic mass is 9.75. The predicted octanol–water partition coefficient (Wildman–Crippen LogP) is 3.81. The smallest absolute Gasteiger partial charge is 0.222 e. The van der Waals surface area contributed by atoms with Gasteiger partial charge in [0.2, 0.25) is 5.91 Å². The lowest BCUT2D eigenvalue weighted by molar-refractivity contribution is -0.133. The van der Waals surface area contributed by atoms with E-state index in [4.69, 9.17) is 5.73 Å². The first-order valence-electron chi connectivity index (χ1n) is 8.72. The van der Waals surface area contributed by atoms with Crippen molar-refractivity contribution in [2.45, 2.75) is 78.7 Å². The van der Waals surface area contributed by atoms with Crippen LogP contribution in [-0.2, 0) is 4.79 Å².